The number of aliphatic hydroxyl groups is 1. The third-order valence-electron chi connectivity index (χ3n) is 5.30. The van der Waals surface area contributed by atoms with Gasteiger partial charge in [-0.3, -0.25) is 14.8 Å². The molecule has 6 nitrogen and oxygen atoms in total. The minimum absolute atomic E-state index is 0.224. The Kier molecular flexibility index (Phi) is 7.38. The van der Waals surface area contributed by atoms with Crippen molar-refractivity contribution in [1.29, 1.82) is 0 Å². The number of hydrogen-bond donors (Lipinski definition) is 2. The summed E-state index contributed by atoms with van der Waals surface area (Å²) < 4.78 is 0. The number of imidazole rings is 1. The van der Waals surface area contributed by atoms with Crippen LogP contribution < -0.4 is 0 Å². The molecule has 0 spiro atoms. The molecule has 0 aliphatic carbocycles. The zero-order chi connectivity index (χ0) is 19.1. The number of aryl methyl sites for hydroxylation is 2. The van der Waals surface area contributed by atoms with Crippen LogP contribution in [0.2, 0.25) is 0 Å². The van der Waals surface area contributed by atoms with Crippen LogP contribution in [0, 0.1) is 6.92 Å². The summed E-state index contributed by atoms with van der Waals surface area (Å²) in [5.74, 6) is 1.10. The number of unbranched alkanes of at least 4 members (excludes halogenated alkanes) is 1. The van der Waals surface area contributed by atoms with Gasteiger partial charge in [0.05, 0.1) is 5.69 Å². The van der Waals surface area contributed by atoms with Crippen LogP contribution in [0.25, 0.3) is 0 Å². The first-order valence-corrected chi connectivity index (χ1v) is 10.2. The third kappa shape index (κ3) is 5.86. The molecule has 6 heteroatoms. The molecule has 0 saturated carbocycles. The van der Waals surface area contributed by atoms with Crippen LogP contribution in [-0.2, 0) is 19.5 Å². The van der Waals surface area contributed by atoms with Gasteiger partial charge >= 0.3 is 0 Å². The van der Waals surface area contributed by atoms with E-state index in [0.29, 0.717) is 6.04 Å². The van der Waals surface area contributed by atoms with Gasteiger partial charge in [-0.1, -0.05) is 19.4 Å². The molecule has 3 heterocycles. The van der Waals surface area contributed by atoms with Crippen molar-refractivity contribution >= 4 is 0 Å². The van der Waals surface area contributed by atoms with Crippen LogP contribution in [0.4, 0.5) is 0 Å². The lowest BCUT2D eigenvalue weighted by molar-refractivity contribution is 0.0486. The number of aromatic nitrogens is 3. The highest BCUT2D eigenvalue weighted by molar-refractivity contribution is 5.10. The van der Waals surface area contributed by atoms with Crippen LogP contribution in [0.3, 0.4) is 0 Å². The van der Waals surface area contributed by atoms with E-state index in [0.717, 1.165) is 62.8 Å². The first kappa shape index (κ1) is 20.0. The standard InChI is InChI=1S/C21H33N5O/c1-3-4-8-21-22-13-19(24-21)14-25-10-11-26(20(16-25)9-12-27)15-18-7-5-6-17(2)23-18/h5-7,13,20,27H,3-4,8-12,14-16H2,1-2H3,(H,22,24)/t20-/m0/s1. The smallest absolute Gasteiger partial charge is 0.106 e. The van der Waals surface area contributed by atoms with Crippen molar-refractivity contribution in [3.8, 4) is 0 Å². The molecule has 0 radical (unpaired) electrons. The molecule has 0 bridgehead atoms. The number of piperazine rings is 1. The summed E-state index contributed by atoms with van der Waals surface area (Å²) in [6, 6.07) is 6.56. The van der Waals surface area contributed by atoms with Crippen molar-refractivity contribution in [2.75, 3.05) is 26.2 Å². The number of aliphatic hydroxyl groups excluding tert-OH is 1. The number of nitrogens with zero attached hydrogens (tertiary/aromatic N) is 4. The van der Waals surface area contributed by atoms with Gasteiger partial charge in [-0.15, -0.1) is 0 Å². The quantitative estimate of drug-likeness (QED) is 0.709. The van der Waals surface area contributed by atoms with E-state index in [1.165, 1.54) is 18.5 Å². The summed E-state index contributed by atoms with van der Waals surface area (Å²) >= 11 is 0. The minimum Gasteiger partial charge on any atom is -0.396 e. The monoisotopic (exact) mass is 371 g/mol. The first-order valence-electron chi connectivity index (χ1n) is 10.2. The lowest BCUT2D eigenvalue weighted by atomic mass is 10.1. The van der Waals surface area contributed by atoms with E-state index in [1.807, 2.05) is 19.2 Å². The first-order chi connectivity index (χ1) is 13.2. The zero-order valence-corrected chi connectivity index (χ0v) is 16.7. The molecule has 1 fully saturated rings. The minimum atomic E-state index is 0.224. The number of hydrogen-bond acceptors (Lipinski definition) is 5. The van der Waals surface area contributed by atoms with E-state index in [2.05, 4.69) is 43.8 Å². The number of rotatable bonds is 9. The molecule has 0 amide bonds. The van der Waals surface area contributed by atoms with Crippen molar-refractivity contribution in [3.63, 3.8) is 0 Å². The highest BCUT2D eigenvalue weighted by atomic mass is 16.3. The summed E-state index contributed by atoms with van der Waals surface area (Å²) in [6.45, 7) is 9.21. The molecule has 0 aromatic carbocycles. The van der Waals surface area contributed by atoms with Crippen LogP contribution in [0.1, 0.15) is 49.1 Å². The molecule has 3 rings (SSSR count). The fourth-order valence-corrected chi connectivity index (χ4v) is 3.83. The molecule has 2 aromatic rings. The Morgan fingerprint density at radius 2 is 2.15 bits per heavy atom. The number of nitrogens with one attached hydrogen (secondary N) is 1. The highest BCUT2D eigenvalue weighted by Crippen LogP contribution is 2.18. The average Bonchev–Trinajstić information content (AvgIpc) is 3.10. The van der Waals surface area contributed by atoms with Crippen molar-refractivity contribution in [2.45, 2.75) is 58.7 Å². The molecular weight excluding hydrogens is 338 g/mol. The molecule has 2 aromatic heterocycles. The van der Waals surface area contributed by atoms with E-state index >= 15 is 0 Å². The highest BCUT2D eigenvalue weighted by Gasteiger charge is 2.27. The zero-order valence-electron chi connectivity index (χ0n) is 16.7. The molecule has 0 unspecified atom stereocenters. The molecule has 1 saturated heterocycles. The van der Waals surface area contributed by atoms with E-state index in [4.69, 9.17) is 0 Å². The number of aromatic amines is 1. The van der Waals surface area contributed by atoms with Crippen LogP contribution >= 0.6 is 0 Å². The Morgan fingerprint density at radius 3 is 2.93 bits per heavy atom. The molecule has 2 N–H and O–H groups in total. The van der Waals surface area contributed by atoms with Crippen molar-refractivity contribution in [2.24, 2.45) is 0 Å². The van der Waals surface area contributed by atoms with Gasteiger partial charge in [-0.05, 0) is 31.9 Å². The van der Waals surface area contributed by atoms with E-state index in [1.54, 1.807) is 0 Å². The topological polar surface area (TPSA) is 68.3 Å². The second kappa shape index (κ2) is 9.97. The Hall–Kier alpha value is -1.76. The molecule has 1 aliphatic rings. The molecule has 148 valence electrons. The SMILES string of the molecule is CCCCc1ncc(CN2CCN(Cc3cccc(C)n3)[C@@H](CCO)C2)[nH]1. The summed E-state index contributed by atoms with van der Waals surface area (Å²) in [6.07, 6.45) is 6.18. The maximum Gasteiger partial charge on any atom is 0.106 e. The second-order valence-corrected chi connectivity index (χ2v) is 7.60. The molecule has 1 aliphatic heterocycles. The number of pyridine rings is 1. The number of H-pyrrole nitrogens is 1. The van der Waals surface area contributed by atoms with Crippen LogP contribution in [0.5, 0.6) is 0 Å². The molecular formula is C21H33N5O. The van der Waals surface area contributed by atoms with Gasteiger partial charge < -0.3 is 10.1 Å². The summed E-state index contributed by atoms with van der Waals surface area (Å²) in [4.78, 5) is 17.6. The molecule has 27 heavy (non-hydrogen) atoms. The third-order valence-corrected chi connectivity index (χ3v) is 5.30. The van der Waals surface area contributed by atoms with E-state index in [9.17, 15) is 5.11 Å². The predicted molar refractivity (Wildman–Crippen MR) is 107 cm³/mol. The fraction of sp³-hybridized carbons (Fsp3) is 0.619. The van der Waals surface area contributed by atoms with Crippen molar-refractivity contribution in [1.82, 2.24) is 24.8 Å². The van der Waals surface area contributed by atoms with E-state index < -0.39 is 0 Å². The van der Waals surface area contributed by atoms with Gasteiger partial charge in [-0.25, -0.2) is 4.98 Å². The van der Waals surface area contributed by atoms with Gasteiger partial charge in [0, 0.05) is 69.4 Å². The maximum absolute atomic E-state index is 9.53. The van der Waals surface area contributed by atoms with Gasteiger partial charge in [0.2, 0.25) is 0 Å². The Morgan fingerprint density at radius 1 is 1.26 bits per heavy atom. The summed E-state index contributed by atoms with van der Waals surface area (Å²) in [5.41, 5.74) is 3.36. The Labute approximate surface area is 162 Å². The lowest BCUT2D eigenvalue weighted by Crippen LogP contribution is -2.52. The Balaban J connectivity index is 1.57. The Bertz CT molecular complexity index is 701. The van der Waals surface area contributed by atoms with Crippen molar-refractivity contribution < 1.29 is 5.11 Å². The lowest BCUT2D eigenvalue weighted by Gasteiger charge is -2.41. The van der Waals surface area contributed by atoms with Gasteiger partial charge in [0.25, 0.3) is 0 Å². The predicted octanol–water partition coefficient (Wildman–Crippen LogP) is 2.52. The van der Waals surface area contributed by atoms with E-state index in [-0.39, 0.29) is 6.61 Å². The second-order valence-electron chi connectivity index (χ2n) is 7.60. The summed E-state index contributed by atoms with van der Waals surface area (Å²) in [5, 5.41) is 9.53. The van der Waals surface area contributed by atoms with Crippen LogP contribution in [-0.4, -0.2) is 62.1 Å². The average molecular weight is 372 g/mol. The van der Waals surface area contributed by atoms with Crippen LogP contribution in [0.15, 0.2) is 24.4 Å². The maximum atomic E-state index is 9.53. The van der Waals surface area contributed by atoms with Gasteiger partial charge in [-0.2, -0.15) is 0 Å². The van der Waals surface area contributed by atoms with Gasteiger partial charge in [0.1, 0.15) is 5.82 Å². The normalized spacial score (nSPS) is 18.9. The summed E-state index contributed by atoms with van der Waals surface area (Å²) in [7, 11) is 0. The largest absolute Gasteiger partial charge is 0.396 e. The fourth-order valence-electron chi connectivity index (χ4n) is 3.83. The van der Waals surface area contributed by atoms with Gasteiger partial charge in [0.15, 0.2) is 0 Å². The van der Waals surface area contributed by atoms with Crippen molar-refractivity contribution in [3.05, 3.63) is 47.3 Å². The molecule has 1 atom stereocenters.